The van der Waals surface area contributed by atoms with Gasteiger partial charge in [0.15, 0.2) is 0 Å². The van der Waals surface area contributed by atoms with Gasteiger partial charge in [-0.1, -0.05) is 24.3 Å². The van der Waals surface area contributed by atoms with E-state index in [9.17, 15) is 19.2 Å². The Morgan fingerprint density at radius 2 is 1.60 bits per heavy atom. The van der Waals surface area contributed by atoms with Crippen LogP contribution in [0.15, 0.2) is 77.9 Å². The van der Waals surface area contributed by atoms with Crippen molar-refractivity contribution in [3.63, 3.8) is 0 Å². The number of methoxy groups -OCH3 is 2. The summed E-state index contributed by atoms with van der Waals surface area (Å²) in [5.74, 6) is 1.26. The molecule has 13 heteroatoms. The minimum Gasteiger partial charge on any atom is -0.496 e. The maximum atomic E-state index is 13.2. The van der Waals surface area contributed by atoms with Crippen LogP contribution < -0.4 is 31.0 Å². The van der Waals surface area contributed by atoms with Gasteiger partial charge in [-0.2, -0.15) is 5.10 Å². The number of carbonyl (C=O) groups excluding carboxylic acids is 3. The van der Waals surface area contributed by atoms with Gasteiger partial charge in [0, 0.05) is 61.6 Å². The van der Waals surface area contributed by atoms with E-state index in [0.29, 0.717) is 61.8 Å². The standard InChI is InChI=1S/C40H43N7O6/c1-46-23-32(30-22-42-45-38(30)40(46)51)27-19-34(52-2)31(35(20-27)53-3)21-41-28-8-4-24(5-9-28)18-37(49)47-16-14-26(15-17-47)25-6-10-29(11-7-25)43-33-12-13-36(48)44-39(33)50/h4-11,19-20,22-23,26,33,41,43H,12-18,21H2,1-3H3,(H,42,45)(H,44,48,50). The van der Waals surface area contributed by atoms with Crippen molar-refractivity contribution in [3.05, 3.63) is 100 Å². The van der Waals surface area contributed by atoms with Gasteiger partial charge in [-0.05, 0) is 78.3 Å². The number of aromatic amines is 1. The number of likely N-dealkylation sites (tertiary alicyclic amines) is 1. The van der Waals surface area contributed by atoms with Gasteiger partial charge >= 0.3 is 0 Å². The first-order chi connectivity index (χ1) is 25.7. The molecule has 0 saturated carbocycles. The molecular formula is C40H43N7O6. The van der Waals surface area contributed by atoms with E-state index in [2.05, 4.69) is 38.3 Å². The summed E-state index contributed by atoms with van der Waals surface area (Å²) in [7, 11) is 4.94. The molecule has 4 N–H and O–H groups in total. The maximum absolute atomic E-state index is 13.2. The highest BCUT2D eigenvalue weighted by Gasteiger charge is 2.27. The molecule has 5 aromatic rings. The van der Waals surface area contributed by atoms with Crippen molar-refractivity contribution in [3.8, 4) is 22.6 Å². The number of pyridine rings is 1. The number of imide groups is 1. The van der Waals surface area contributed by atoms with Gasteiger partial charge in [-0.15, -0.1) is 0 Å². The van der Waals surface area contributed by atoms with Crippen LogP contribution in [0, 0.1) is 0 Å². The van der Waals surface area contributed by atoms with Crippen molar-refractivity contribution in [1.82, 2.24) is 25.0 Å². The number of nitrogens with one attached hydrogen (secondary N) is 4. The maximum Gasteiger partial charge on any atom is 0.276 e. The van der Waals surface area contributed by atoms with E-state index in [0.717, 1.165) is 51.9 Å². The quantitative estimate of drug-likeness (QED) is 0.142. The van der Waals surface area contributed by atoms with Crippen molar-refractivity contribution in [2.45, 2.75) is 50.6 Å². The van der Waals surface area contributed by atoms with Crippen molar-refractivity contribution in [1.29, 1.82) is 0 Å². The third-order valence-corrected chi connectivity index (χ3v) is 10.3. The lowest BCUT2D eigenvalue weighted by atomic mass is 9.89. The van der Waals surface area contributed by atoms with E-state index in [1.807, 2.05) is 53.4 Å². The Labute approximate surface area is 306 Å². The molecule has 7 rings (SSSR count). The fourth-order valence-electron chi connectivity index (χ4n) is 7.26. The van der Waals surface area contributed by atoms with Crippen molar-refractivity contribution in [2.75, 3.05) is 37.9 Å². The van der Waals surface area contributed by atoms with E-state index in [-0.39, 0.29) is 23.3 Å². The van der Waals surface area contributed by atoms with Crippen molar-refractivity contribution in [2.24, 2.45) is 7.05 Å². The van der Waals surface area contributed by atoms with Gasteiger partial charge in [0.05, 0.1) is 32.4 Å². The largest absolute Gasteiger partial charge is 0.496 e. The summed E-state index contributed by atoms with van der Waals surface area (Å²) in [6, 6.07) is 19.5. The van der Waals surface area contributed by atoms with Gasteiger partial charge < -0.3 is 29.6 Å². The van der Waals surface area contributed by atoms with Crippen LogP contribution in [0.4, 0.5) is 11.4 Å². The summed E-state index contributed by atoms with van der Waals surface area (Å²) in [6.07, 6.45) is 6.37. The van der Waals surface area contributed by atoms with E-state index in [4.69, 9.17) is 9.47 Å². The van der Waals surface area contributed by atoms with Crippen LogP contribution in [0.25, 0.3) is 22.0 Å². The lowest BCUT2D eigenvalue weighted by Gasteiger charge is -2.32. The molecule has 1 unspecified atom stereocenters. The molecule has 3 amide bonds. The Hall–Kier alpha value is -6.11. The molecule has 2 fully saturated rings. The topological polar surface area (TPSA) is 160 Å². The summed E-state index contributed by atoms with van der Waals surface area (Å²) in [4.78, 5) is 51.3. The second kappa shape index (κ2) is 15.2. The zero-order valence-electron chi connectivity index (χ0n) is 30.0. The number of fused-ring (bicyclic) bond motifs is 1. The minimum absolute atomic E-state index is 0.119. The van der Waals surface area contributed by atoms with Crippen LogP contribution in [-0.2, 0) is 34.4 Å². The van der Waals surface area contributed by atoms with Crippen LogP contribution in [0.2, 0.25) is 0 Å². The number of hydrogen-bond acceptors (Lipinski definition) is 9. The van der Waals surface area contributed by atoms with E-state index in [1.165, 1.54) is 10.1 Å². The number of hydrogen-bond donors (Lipinski definition) is 4. The highest BCUT2D eigenvalue weighted by molar-refractivity contribution is 6.01. The second-order valence-electron chi connectivity index (χ2n) is 13.6. The molecule has 2 aliphatic heterocycles. The number of ether oxygens (including phenoxy) is 2. The molecule has 0 bridgehead atoms. The SMILES string of the molecule is COc1cc(-c2cn(C)c(=O)c3[nH]ncc23)cc(OC)c1CNc1ccc(CC(=O)N2CCC(c3ccc(NC4CCC(=O)NC4=O)cc3)CC2)cc1. The zero-order chi connectivity index (χ0) is 37.1. The van der Waals surface area contributed by atoms with Gasteiger partial charge in [0.1, 0.15) is 23.1 Å². The zero-order valence-corrected chi connectivity index (χ0v) is 30.0. The molecule has 4 heterocycles. The number of anilines is 2. The highest BCUT2D eigenvalue weighted by atomic mass is 16.5. The molecule has 0 aliphatic carbocycles. The molecule has 2 saturated heterocycles. The second-order valence-corrected chi connectivity index (χ2v) is 13.6. The normalized spacial score (nSPS) is 16.4. The molecule has 3 aromatic carbocycles. The minimum atomic E-state index is -0.409. The van der Waals surface area contributed by atoms with Gasteiger partial charge in [0.25, 0.3) is 5.56 Å². The number of aromatic nitrogens is 3. The van der Waals surface area contributed by atoms with Gasteiger partial charge in [-0.25, -0.2) is 0 Å². The molecule has 0 spiro atoms. The van der Waals surface area contributed by atoms with Gasteiger partial charge in [-0.3, -0.25) is 29.6 Å². The van der Waals surface area contributed by atoms with E-state index < -0.39 is 6.04 Å². The smallest absolute Gasteiger partial charge is 0.276 e. The van der Waals surface area contributed by atoms with Crippen LogP contribution in [0.1, 0.15) is 48.3 Å². The fraction of sp³-hybridized carbons (Fsp3) is 0.325. The lowest BCUT2D eigenvalue weighted by Crippen LogP contribution is -2.47. The Kier molecular flexibility index (Phi) is 10.2. The van der Waals surface area contributed by atoms with E-state index >= 15 is 0 Å². The van der Waals surface area contributed by atoms with Crippen LogP contribution >= 0.6 is 0 Å². The Bertz CT molecular complexity index is 2180. The van der Waals surface area contributed by atoms with Gasteiger partial charge in [0.2, 0.25) is 17.7 Å². The first-order valence-electron chi connectivity index (χ1n) is 17.8. The third kappa shape index (κ3) is 7.59. The summed E-state index contributed by atoms with van der Waals surface area (Å²) in [5, 5.41) is 16.7. The number of nitrogens with zero attached hydrogens (tertiary/aromatic N) is 3. The molecule has 2 aliphatic rings. The predicted octanol–water partition coefficient (Wildman–Crippen LogP) is 4.72. The molecule has 53 heavy (non-hydrogen) atoms. The molecular weight excluding hydrogens is 674 g/mol. The van der Waals surface area contributed by atoms with Crippen LogP contribution in [-0.4, -0.2) is 70.7 Å². The summed E-state index contributed by atoms with van der Waals surface area (Å²) in [6.45, 7) is 1.85. The monoisotopic (exact) mass is 717 g/mol. The van der Waals surface area contributed by atoms with Crippen LogP contribution in [0.5, 0.6) is 11.5 Å². The molecule has 274 valence electrons. The lowest BCUT2D eigenvalue weighted by molar-refractivity contribution is -0.134. The summed E-state index contributed by atoms with van der Waals surface area (Å²) in [5.41, 5.74) is 6.70. The first kappa shape index (κ1) is 35.3. The number of benzene rings is 3. The first-order valence-corrected chi connectivity index (χ1v) is 17.8. The average molecular weight is 718 g/mol. The summed E-state index contributed by atoms with van der Waals surface area (Å²) >= 11 is 0. The number of piperidine rings is 2. The third-order valence-electron chi connectivity index (χ3n) is 10.3. The molecule has 1 atom stereocenters. The van der Waals surface area contributed by atoms with Crippen molar-refractivity contribution < 1.29 is 23.9 Å². The Balaban J connectivity index is 0.923. The molecule has 0 radical (unpaired) electrons. The average Bonchev–Trinajstić information content (AvgIpc) is 3.68. The molecule has 13 nitrogen and oxygen atoms in total. The Morgan fingerprint density at radius 3 is 2.26 bits per heavy atom. The molecule has 2 aromatic heterocycles. The number of H-pyrrole nitrogens is 1. The number of carbonyl (C=O) groups is 3. The number of amides is 3. The van der Waals surface area contributed by atoms with Crippen molar-refractivity contribution >= 4 is 40.0 Å². The summed E-state index contributed by atoms with van der Waals surface area (Å²) < 4.78 is 13.1. The Morgan fingerprint density at radius 1 is 0.925 bits per heavy atom. The van der Waals surface area contributed by atoms with E-state index in [1.54, 1.807) is 33.7 Å². The highest BCUT2D eigenvalue weighted by Crippen LogP contribution is 2.37. The fourth-order valence-corrected chi connectivity index (χ4v) is 7.26. The van der Waals surface area contributed by atoms with Crippen LogP contribution in [0.3, 0.4) is 0 Å². The predicted molar refractivity (Wildman–Crippen MR) is 202 cm³/mol. The number of rotatable bonds is 11. The number of aryl methyl sites for hydroxylation is 1.